The van der Waals surface area contributed by atoms with Crippen LogP contribution in [0.25, 0.3) is 0 Å². The Hall–Kier alpha value is -1.36. The summed E-state index contributed by atoms with van der Waals surface area (Å²) in [5, 5.41) is 57.9. The van der Waals surface area contributed by atoms with Crippen LogP contribution >= 0.6 is 0 Å². The van der Waals surface area contributed by atoms with Crippen LogP contribution < -0.4 is 0 Å². The summed E-state index contributed by atoms with van der Waals surface area (Å²) in [5.41, 5.74) is 0. The zero-order valence-electron chi connectivity index (χ0n) is 7.78. The Morgan fingerprint density at radius 3 is 1.00 bits per heavy atom. The molecule has 0 saturated heterocycles. The highest BCUT2D eigenvalue weighted by atomic mass is 16.6. The summed E-state index contributed by atoms with van der Waals surface area (Å²) in [6.45, 7) is 0. The second-order valence-corrected chi connectivity index (χ2v) is 3.51. The molecule has 0 aromatic rings. The summed E-state index contributed by atoms with van der Waals surface area (Å²) >= 11 is 0. The van der Waals surface area contributed by atoms with Crippen LogP contribution in [0.1, 0.15) is 0 Å². The molecule has 0 bridgehead atoms. The molecule has 1 saturated carbocycles. The molecule has 92 valence electrons. The number of hydrogen-bond donors (Lipinski definition) is 4. The maximum Gasteiger partial charge on any atom is 0.269 e. The molecule has 1 rings (SSSR count). The number of nitro groups is 2. The Morgan fingerprint density at radius 1 is 0.688 bits per heavy atom. The topological polar surface area (TPSA) is 167 Å². The van der Waals surface area contributed by atoms with Crippen molar-refractivity contribution in [3.8, 4) is 0 Å². The first kappa shape index (κ1) is 12.7. The van der Waals surface area contributed by atoms with Crippen molar-refractivity contribution in [1.82, 2.24) is 0 Å². The van der Waals surface area contributed by atoms with Crippen LogP contribution in [0.15, 0.2) is 0 Å². The van der Waals surface area contributed by atoms with Crippen molar-refractivity contribution >= 4 is 0 Å². The highest BCUT2D eigenvalue weighted by molar-refractivity contribution is 4.99. The van der Waals surface area contributed by atoms with Gasteiger partial charge in [-0.1, -0.05) is 0 Å². The second kappa shape index (κ2) is 4.25. The number of hydrogen-bond acceptors (Lipinski definition) is 8. The van der Waals surface area contributed by atoms with Crippen molar-refractivity contribution < 1.29 is 30.3 Å². The number of aliphatic hydroxyl groups excluding tert-OH is 4. The first-order chi connectivity index (χ1) is 7.29. The van der Waals surface area contributed by atoms with Crippen LogP contribution in [0.2, 0.25) is 0 Å². The molecule has 2 unspecified atom stereocenters. The van der Waals surface area contributed by atoms with Gasteiger partial charge < -0.3 is 20.4 Å². The van der Waals surface area contributed by atoms with Gasteiger partial charge in [0.2, 0.25) is 0 Å². The van der Waals surface area contributed by atoms with E-state index in [2.05, 4.69) is 0 Å². The first-order valence-electron chi connectivity index (χ1n) is 4.28. The Balaban J connectivity index is 3.03. The molecule has 0 spiro atoms. The predicted molar refractivity (Wildman–Crippen MR) is 45.6 cm³/mol. The van der Waals surface area contributed by atoms with Gasteiger partial charge in [-0.05, 0) is 0 Å². The Kier molecular flexibility index (Phi) is 3.38. The van der Waals surface area contributed by atoms with E-state index in [1.807, 2.05) is 0 Å². The maximum absolute atomic E-state index is 10.4. The van der Waals surface area contributed by atoms with E-state index >= 15 is 0 Å². The molecular formula is C6H10N2O8. The van der Waals surface area contributed by atoms with Crippen molar-refractivity contribution in [2.24, 2.45) is 0 Å². The van der Waals surface area contributed by atoms with E-state index in [1.165, 1.54) is 0 Å². The van der Waals surface area contributed by atoms with Crippen LogP contribution in [0.5, 0.6) is 0 Å². The smallest absolute Gasteiger partial charge is 0.269 e. The monoisotopic (exact) mass is 238 g/mol. The fourth-order valence-corrected chi connectivity index (χ4v) is 1.71. The van der Waals surface area contributed by atoms with Crippen molar-refractivity contribution in [2.75, 3.05) is 0 Å². The molecule has 10 heteroatoms. The van der Waals surface area contributed by atoms with E-state index in [4.69, 9.17) is 0 Å². The number of nitrogens with zero attached hydrogens (tertiary/aromatic N) is 2. The fourth-order valence-electron chi connectivity index (χ4n) is 1.71. The standard InChI is InChI=1S/C6H10N2O8/c9-3-1(7(13)14)4(10)6(12)2(5(3)11)8(15)16/h1-6,9-12H/t1?,2?,3-,4-,5-,6+/m0/s1. The zero-order valence-corrected chi connectivity index (χ0v) is 7.78. The average Bonchev–Trinajstić information content (AvgIpc) is 2.14. The molecule has 10 nitrogen and oxygen atoms in total. The lowest BCUT2D eigenvalue weighted by Gasteiger charge is -2.35. The van der Waals surface area contributed by atoms with Gasteiger partial charge in [-0.15, -0.1) is 0 Å². The summed E-state index contributed by atoms with van der Waals surface area (Å²) in [7, 11) is 0. The summed E-state index contributed by atoms with van der Waals surface area (Å²) < 4.78 is 0. The fraction of sp³-hybridized carbons (Fsp3) is 1.00. The van der Waals surface area contributed by atoms with Crippen molar-refractivity contribution in [1.29, 1.82) is 0 Å². The lowest BCUT2D eigenvalue weighted by atomic mass is 9.82. The minimum Gasteiger partial charge on any atom is -0.383 e. The van der Waals surface area contributed by atoms with Gasteiger partial charge in [0.1, 0.15) is 0 Å². The Labute approximate surface area is 88.0 Å². The van der Waals surface area contributed by atoms with E-state index < -0.39 is 46.3 Å². The van der Waals surface area contributed by atoms with Gasteiger partial charge in [0.15, 0.2) is 24.4 Å². The quantitative estimate of drug-likeness (QED) is 0.287. The van der Waals surface area contributed by atoms with Crippen molar-refractivity contribution in [2.45, 2.75) is 36.5 Å². The highest BCUT2D eigenvalue weighted by Gasteiger charge is 2.60. The van der Waals surface area contributed by atoms with E-state index in [0.717, 1.165) is 0 Å². The molecule has 0 aromatic heterocycles. The summed E-state index contributed by atoms with van der Waals surface area (Å²) in [6, 6.07) is -4.11. The zero-order chi connectivity index (χ0) is 12.6. The highest BCUT2D eigenvalue weighted by Crippen LogP contribution is 2.24. The molecule has 4 N–H and O–H groups in total. The predicted octanol–water partition coefficient (Wildman–Crippen LogP) is -3.27. The number of rotatable bonds is 2. The molecule has 16 heavy (non-hydrogen) atoms. The van der Waals surface area contributed by atoms with E-state index in [-0.39, 0.29) is 0 Å². The molecule has 0 radical (unpaired) electrons. The Bertz CT molecular complexity index is 263. The van der Waals surface area contributed by atoms with Crippen LogP contribution in [0.3, 0.4) is 0 Å². The molecule has 0 amide bonds. The van der Waals surface area contributed by atoms with Gasteiger partial charge in [-0.2, -0.15) is 0 Å². The van der Waals surface area contributed by atoms with Crippen LogP contribution in [0.4, 0.5) is 0 Å². The lowest BCUT2D eigenvalue weighted by molar-refractivity contribution is -0.595. The molecule has 0 heterocycles. The van der Waals surface area contributed by atoms with Crippen LogP contribution in [-0.2, 0) is 0 Å². The summed E-state index contributed by atoms with van der Waals surface area (Å²) in [4.78, 5) is 18.7. The van der Waals surface area contributed by atoms with Gasteiger partial charge in [-0.25, -0.2) is 0 Å². The SMILES string of the molecule is O=[N+]([O-])C1[C@@H](O)[C@@H](O)C([N+](=O)[O-])[C@H](O)[C@H]1O. The third-order valence-corrected chi connectivity index (χ3v) is 2.59. The van der Waals surface area contributed by atoms with Gasteiger partial charge in [0, 0.05) is 9.85 Å². The molecule has 1 fully saturated rings. The van der Waals surface area contributed by atoms with Crippen LogP contribution in [-0.4, -0.2) is 66.8 Å². The summed E-state index contributed by atoms with van der Waals surface area (Å²) in [6.07, 6.45) is -8.43. The Morgan fingerprint density at radius 2 is 0.875 bits per heavy atom. The summed E-state index contributed by atoms with van der Waals surface area (Å²) in [5.74, 6) is 0. The normalized spacial score (nSPS) is 44.0. The van der Waals surface area contributed by atoms with E-state index in [0.29, 0.717) is 0 Å². The minimum absolute atomic E-state index is 1.10. The van der Waals surface area contributed by atoms with Crippen LogP contribution in [0, 0.1) is 20.2 Å². The molecule has 0 aliphatic heterocycles. The molecule has 1 aliphatic carbocycles. The van der Waals surface area contributed by atoms with E-state index in [9.17, 15) is 40.7 Å². The molecule has 1 aliphatic rings. The largest absolute Gasteiger partial charge is 0.383 e. The molecule has 0 aromatic carbocycles. The third-order valence-electron chi connectivity index (χ3n) is 2.59. The van der Waals surface area contributed by atoms with Gasteiger partial charge >= 0.3 is 0 Å². The molecular weight excluding hydrogens is 228 g/mol. The van der Waals surface area contributed by atoms with Gasteiger partial charge in [0.25, 0.3) is 12.1 Å². The third kappa shape index (κ3) is 1.82. The van der Waals surface area contributed by atoms with Gasteiger partial charge in [-0.3, -0.25) is 20.2 Å². The van der Waals surface area contributed by atoms with E-state index in [1.54, 1.807) is 0 Å². The van der Waals surface area contributed by atoms with Crippen molar-refractivity contribution in [3.63, 3.8) is 0 Å². The maximum atomic E-state index is 10.4. The number of aliphatic hydroxyl groups is 4. The van der Waals surface area contributed by atoms with Gasteiger partial charge in [0.05, 0.1) is 0 Å². The average molecular weight is 238 g/mol. The van der Waals surface area contributed by atoms with Crippen molar-refractivity contribution in [3.05, 3.63) is 20.2 Å². The first-order valence-corrected chi connectivity index (χ1v) is 4.28. The molecule has 6 atom stereocenters. The lowest BCUT2D eigenvalue weighted by Crippen LogP contribution is -2.67. The second-order valence-electron chi connectivity index (χ2n) is 3.51. The minimum atomic E-state index is -2.11.